The minimum atomic E-state index is -0.302. The van der Waals surface area contributed by atoms with E-state index in [-0.39, 0.29) is 5.91 Å². The Bertz CT molecular complexity index is 908. The van der Waals surface area contributed by atoms with Gasteiger partial charge in [-0.3, -0.25) is 4.79 Å². The highest BCUT2D eigenvalue weighted by molar-refractivity contribution is 7.21. The number of carbonyl (C=O) groups excluding carboxylic acids is 1. The van der Waals surface area contributed by atoms with Crippen molar-refractivity contribution in [3.63, 3.8) is 0 Å². The fourth-order valence-electron chi connectivity index (χ4n) is 2.21. The lowest BCUT2D eigenvalue weighted by Gasteiger charge is -2.10. The maximum Gasteiger partial charge on any atom is 0.268 e. The van der Waals surface area contributed by atoms with Gasteiger partial charge in [0.2, 0.25) is 0 Å². The quantitative estimate of drug-likeness (QED) is 0.747. The van der Waals surface area contributed by atoms with E-state index in [2.05, 4.69) is 10.3 Å². The SMILES string of the molecule is COc1cc(Cl)ccc1NC(=O)c1sc2nc(C)ccc2c1N. The molecular weight excluding hydrogens is 334 g/mol. The number of benzene rings is 1. The molecule has 3 rings (SSSR count). The van der Waals surface area contributed by atoms with Crippen LogP contribution in [0.3, 0.4) is 0 Å². The maximum atomic E-state index is 12.5. The van der Waals surface area contributed by atoms with Gasteiger partial charge in [-0.2, -0.15) is 0 Å². The van der Waals surface area contributed by atoms with Crippen molar-refractivity contribution < 1.29 is 9.53 Å². The molecule has 1 amide bonds. The highest BCUT2D eigenvalue weighted by atomic mass is 35.5. The summed E-state index contributed by atoms with van der Waals surface area (Å²) in [5.74, 6) is 0.184. The van der Waals surface area contributed by atoms with Crippen LogP contribution in [0.4, 0.5) is 11.4 Å². The number of amides is 1. The van der Waals surface area contributed by atoms with Gasteiger partial charge in [0.15, 0.2) is 0 Å². The fourth-order valence-corrected chi connectivity index (χ4v) is 3.40. The number of pyridine rings is 1. The molecule has 2 aromatic heterocycles. The minimum Gasteiger partial charge on any atom is -0.495 e. The first-order valence-electron chi connectivity index (χ1n) is 6.80. The van der Waals surface area contributed by atoms with Gasteiger partial charge < -0.3 is 15.8 Å². The Balaban J connectivity index is 1.96. The molecule has 0 aliphatic carbocycles. The highest BCUT2D eigenvalue weighted by Crippen LogP contribution is 2.34. The molecule has 5 nitrogen and oxygen atoms in total. The number of thiophene rings is 1. The number of hydrogen-bond donors (Lipinski definition) is 2. The third-order valence-electron chi connectivity index (χ3n) is 3.35. The number of ether oxygens (including phenoxy) is 1. The van der Waals surface area contributed by atoms with Crippen LogP contribution in [-0.2, 0) is 0 Å². The molecule has 1 aromatic carbocycles. The minimum absolute atomic E-state index is 0.302. The monoisotopic (exact) mass is 347 g/mol. The number of carbonyl (C=O) groups is 1. The molecule has 0 aliphatic heterocycles. The summed E-state index contributed by atoms with van der Waals surface area (Å²) < 4.78 is 5.23. The number of anilines is 2. The molecule has 7 heteroatoms. The van der Waals surface area contributed by atoms with Gasteiger partial charge in [-0.25, -0.2) is 4.98 Å². The second-order valence-electron chi connectivity index (χ2n) is 4.95. The van der Waals surface area contributed by atoms with E-state index < -0.39 is 0 Å². The van der Waals surface area contributed by atoms with E-state index in [4.69, 9.17) is 22.1 Å². The van der Waals surface area contributed by atoms with Crippen LogP contribution in [0.5, 0.6) is 5.75 Å². The number of methoxy groups -OCH3 is 1. The number of aryl methyl sites for hydroxylation is 1. The zero-order valence-electron chi connectivity index (χ0n) is 12.5. The molecule has 0 saturated heterocycles. The lowest BCUT2D eigenvalue weighted by atomic mass is 10.2. The van der Waals surface area contributed by atoms with Gasteiger partial charge in [-0.15, -0.1) is 11.3 Å². The number of aromatic nitrogens is 1. The van der Waals surface area contributed by atoms with Gasteiger partial charge in [0.25, 0.3) is 5.91 Å². The number of fused-ring (bicyclic) bond motifs is 1. The average molecular weight is 348 g/mol. The van der Waals surface area contributed by atoms with E-state index in [1.807, 2.05) is 19.1 Å². The first-order valence-corrected chi connectivity index (χ1v) is 7.99. The van der Waals surface area contributed by atoms with Crippen LogP contribution in [0.25, 0.3) is 10.2 Å². The molecule has 3 aromatic rings. The lowest BCUT2D eigenvalue weighted by molar-refractivity contribution is 0.103. The van der Waals surface area contributed by atoms with Crippen LogP contribution in [0.15, 0.2) is 30.3 Å². The molecule has 0 saturated carbocycles. The van der Waals surface area contributed by atoms with Crippen LogP contribution < -0.4 is 15.8 Å². The summed E-state index contributed by atoms with van der Waals surface area (Å²) in [6, 6.07) is 8.75. The third kappa shape index (κ3) is 2.95. The number of rotatable bonds is 3. The molecule has 118 valence electrons. The first-order chi connectivity index (χ1) is 11.0. The van der Waals surface area contributed by atoms with E-state index in [1.165, 1.54) is 18.4 Å². The number of nitrogens with two attached hydrogens (primary N) is 1. The smallest absolute Gasteiger partial charge is 0.268 e. The van der Waals surface area contributed by atoms with Crippen LogP contribution in [0.2, 0.25) is 5.02 Å². The zero-order valence-corrected chi connectivity index (χ0v) is 14.1. The molecule has 0 bridgehead atoms. The van der Waals surface area contributed by atoms with Crippen molar-refractivity contribution in [1.82, 2.24) is 4.98 Å². The average Bonchev–Trinajstić information content (AvgIpc) is 2.85. The Hall–Kier alpha value is -2.31. The Morgan fingerprint density at radius 1 is 1.35 bits per heavy atom. The zero-order chi connectivity index (χ0) is 16.6. The molecule has 0 unspecified atom stereocenters. The summed E-state index contributed by atoms with van der Waals surface area (Å²) in [5, 5.41) is 4.12. The molecule has 0 spiro atoms. The second-order valence-corrected chi connectivity index (χ2v) is 6.38. The van der Waals surface area contributed by atoms with Gasteiger partial charge in [-0.1, -0.05) is 11.6 Å². The van der Waals surface area contributed by atoms with Gasteiger partial charge in [-0.05, 0) is 31.2 Å². The van der Waals surface area contributed by atoms with Crippen molar-refractivity contribution in [2.45, 2.75) is 6.92 Å². The Morgan fingerprint density at radius 3 is 2.87 bits per heavy atom. The fraction of sp³-hybridized carbons (Fsp3) is 0.125. The van der Waals surface area contributed by atoms with Crippen molar-refractivity contribution in [3.05, 3.63) is 45.9 Å². The third-order valence-corrected chi connectivity index (χ3v) is 4.70. The summed E-state index contributed by atoms with van der Waals surface area (Å²) in [6.45, 7) is 1.90. The van der Waals surface area contributed by atoms with Crippen molar-refractivity contribution in [2.24, 2.45) is 0 Å². The first kappa shape index (κ1) is 15.6. The van der Waals surface area contributed by atoms with Gasteiger partial charge in [0.05, 0.1) is 18.5 Å². The maximum absolute atomic E-state index is 12.5. The molecule has 0 aliphatic rings. The van der Waals surface area contributed by atoms with Crippen LogP contribution in [0.1, 0.15) is 15.4 Å². The molecule has 23 heavy (non-hydrogen) atoms. The van der Waals surface area contributed by atoms with Crippen molar-refractivity contribution in [1.29, 1.82) is 0 Å². The van der Waals surface area contributed by atoms with Gasteiger partial charge >= 0.3 is 0 Å². The summed E-state index contributed by atoms with van der Waals surface area (Å²) in [5.41, 5.74) is 7.94. The van der Waals surface area contributed by atoms with Crippen molar-refractivity contribution in [2.75, 3.05) is 18.2 Å². The van der Waals surface area contributed by atoms with Gasteiger partial charge in [0, 0.05) is 22.2 Å². The van der Waals surface area contributed by atoms with E-state index in [9.17, 15) is 4.79 Å². The topological polar surface area (TPSA) is 77.2 Å². The van der Waals surface area contributed by atoms with Crippen molar-refractivity contribution >= 4 is 50.4 Å². The summed E-state index contributed by atoms with van der Waals surface area (Å²) in [7, 11) is 1.52. The standard InChI is InChI=1S/C16H14ClN3O2S/c1-8-3-5-10-13(18)14(23-16(10)19-8)15(21)20-11-6-4-9(17)7-12(11)22-2/h3-7H,18H2,1-2H3,(H,20,21). The van der Waals surface area contributed by atoms with E-state index in [0.717, 1.165) is 15.9 Å². The van der Waals surface area contributed by atoms with E-state index >= 15 is 0 Å². The molecule has 0 fully saturated rings. The highest BCUT2D eigenvalue weighted by Gasteiger charge is 2.18. The van der Waals surface area contributed by atoms with Crippen LogP contribution in [-0.4, -0.2) is 18.0 Å². The molecule has 3 N–H and O–H groups in total. The number of nitrogens with one attached hydrogen (secondary N) is 1. The van der Waals surface area contributed by atoms with Crippen molar-refractivity contribution in [3.8, 4) is 5.75 Å². The van der Waals surface area contributed by atoms with Crippen LogP contribution in [0, 0.1) is 6.92 Å². The van der Waals surface area contributed by atoms with E-state index in [1.54, 1.807) is 18.2 Å². The number of nitrogens with zero attached hydrogens (tertiary/aromatic N) is 1. The van der Waals surface area contributed by atoms with Gasteiger partial charge in [0.1, 0.15) is 15.5 Å². The molecule has 2 heterocycles. The summed E-state index contributed by atoms with van der Waals surface area (Å²) in [4.78, 5) is 18.1. The molecule has 0 atom stereocenters. The predicted octanol–water partition coefficient (Wildman–Crippen LogP) is 4.10. The Labute approximate surface area is 142 Å². The number of hydrogen-bond acceptors (Lipinski definition) is 5. The largest absolute Gasteiger partial charge is 0.495 e. The molecule has 0 radical (unpaired) electrons. The lowest BCUT2D eigenvalue weighted by Crippen LogP contribution is -2.12. The summed E-state index contributed by atoms with van der Waals surface area (Å²) >= 11 is 7.19. The van der Waals surface area contributed by atoms with Crippen LogP contribution >= 0.6 is 22.9 Å². The Kier molecular flexibility index (Phi) is 4.11. The second kappa shape index (κ2) is 6.06. The Morgan fingerprint density at radius 2 is 2.13 bits per heavy atom. The molecular formula is C16H14ClN3O2S. The summed E-state index contributed by atoms with van der Waals surface area (Å²) in [6.07, 6.45) is 0. The number of nitrogen functional groups attached to an aromatic ring is 1. The predicted molar refractivity (Wildman–Crippen MR) is 94.7 cm³/mol. The van der Waals surface area contributed by atoms with E-state index in [0.29, 0.717) is 27.0 Å². The normalized spacial score (nSPS) is 10.7. The number of halogens is 1.